The Hall–Kier alpha value is -2.83. The highest BCUT2D eigenvalue weighted by Crippen LogP contribution is 2.24. The summed E-state index contributed by atoms with van der Waals surface area (Å²) < 4.78 is 7.77. The highest BCUT2D eigenvalue weighted by Gasteiger charge is 2.37. The number of carbonyl (C=O) groups excluding carboxylic acids is 2. The van der Waals surface area contributed by atoms with E-state index < -0.39 is 5.60 Å². The lowest BCUT2D eigenvalue weighted by Crippen LogP contribution is -2.56. The van der Waals surface area contributed by atoms with E-state index >= 15 is 0 Å². The molecule has 0 atom stereocenters. The Balaban J connectivity index is 1.70. The summed E-state index contributed by atoms with van der Waals surface area (Å²) in [7, 11) is 0. The fourth-order valence-electron chi connectivity index (χ4n) is 3.15. The molecule has 1 aliphatic heterocycles. The van der Waals surface area contributed by atoms with Gasteiger partial charge in [0.05, 0.1) is 5.69 Å². The zero-order chi connectivity index (χ0) is 19.6. The third-order valence-corrected chi connectivity index (χ3v) is 4.75. The number of amides is 2. The van der Waals surface area contributed by atoms with Gasteiger partial charge in [-0.25, -0.2) is 4.68 Å². The maximum absolute atomic E-state index is 13.0. The minimum absolute atomic E-state index is 0.0414. The van der Waals surface area contributed by atoms with Crippen molar-refractivity contribution in [2.24, 2.45) is 0 Å². The number of aromatic nitrogens is 2. The maximum Gasteiger partial charge on any atom is 0.266 e. The second kappa shape index (κ2) is 7.42. The molecule has 2 amide bonds. The molecule has 1 saturated heterocycles. The van der Waals surface area contributed by atoms with E-state index in [0.29, 0.717) is 32.1 Å². The number of aryl methyl sites for hydroxylation is 1. The Morgan fingerprint density at radius 3 is 2.22 bits per heavy atom. The van der Waals surface area contributed by atoms with E-state index in [1.807, 2.05) is 43.5 Å². The van der Waals surface area contributed by atoms with E-state index in [1.165, 1.54) is 0 Å². The van der Waals surface area contributed by atoms with E-state index in [0.717, 1.165) is 11.3 Å². The molecule has 0 radical (unpaired) electrons. The summed E-state index contributed by atoms with van der Waals surface area (Å²) in [5.41, 5.74) is 0.750. The van der Waals surface area contributed by atoms with Gasteiger partial charge in [0.2, 0.25) is 11.8 Å². The zero-order valence-corrected chi connectivity index (χ0v) is 16.3. The number of rotatable bonds is 4. The van der Waals surface area contributed by atoms with Gasteiger partial charge in [-0.2, -0.15) is 0 Å². The number of hydrogen-bond donors (Lipinski definition) is 0. The standard InChI is InChI=1S/C20H26N4O3/c1-15-14-24(17-8-6-5-7-9-17)21-18(15)27-20(3,4)19(26)23-12-10-22(11-13-23)16(2)25/h5-9,14H,10-13H2,1-4H3. The SMILES string of the molecule is CC(=O)N1CCN(C(=O)C(C)(C)Oc2nn(-c3ccccc3)cc2C)CC1. The molecular formula is C20H26N4O3. The van der Waals surface area contributed by atoms with Crippen LogP contribution in [0.1, 0.15) is 26.3 Å². The van der Waals surface area contributed by atoms with Crippen LogP contribution in [-0.4, -0.2) is 63.2 Å². The number of carbonyl (C=O) groups is 2. The van der Waals surface area contributed by atoms with Crippen molar-refractivity contribution in [1.82, 2.24) is 19.6 Å². The summed E-state index contributed by atoms with van der Waals surface area (Å²) in [5.74, 6) is 0.388. The van der Waals surface area contributed by atoms with Gasteiger partial charge >= 0.3 is 0 Å². The molecule has 27 heavy (non-hydrogen) atoms. The summed E-state index contributed by atoms with van der Waals surface area (Å²) in [6.45, 7) is 9.12. The average Bonchev–Trinajstić information content (AvgIpc) is 3.02. The molecule has 0 N–H and O–H groups in total. The van der Waals surface area contributed by atoms with Crippen molar-refractivity contribution in [2.75, 3.05) is 26.2 Å². The molecule has 7 heteroatoms. The first kappa shape index (κ1) is 18.9. The Bertz CT molecular complexity index is 821. The predicted octanol–water partition coefficient (Wildman–Crippen LogP) is 2.03. The van der Waals surface area contributed by atoms with Gasteiger partial charge in [0, 0.05) is 44.9 Å². The highest BCUT2D eigenvalue weighted by atomic mass is 16.5. The molecular weight excluding hydrogens is 344 g/mol. The van der Waals surface area contributed by atoms with Crippen LogP contribution in [0.3, 0.4) is 0 Å². The molecule has 0 spiro atoms. The van der Waals surface area contributed by atoms with E-state index in [1.54, 1.807) is 35.3 Å². The van der Waals surface area contributed by atoms with Crippen molar-refractivity contribution in [3.8, 4) is 11.6 Å². The largest absolute Gasteiger partial charge is 0.460 e. The smallest absolute Gasteiger partial charge is 0.266 e. The minimum atomic E-state index is -1.04. The summed E-state index contributed by atoms with van der Waals surface area (Å²) in [6, 6.07) is 9.76. The van der Waals surface area contributed by atoms with Crippen LogP contribution in [0, 0.1) is 6.92 Å². The topological polar surface area (TPSA) is 67.7 Å². The lowest BCUT2D eigenvalue weighted by Gasteiger charge is -2.38. The van der Waals surface area contributed by atoms with Gasteiger partial charge in [-0.05, 0) is 32.9 Å². The van der Waals surface area contributed by atoms with Crippen LogP contribution < -0.4 is 4.74 Å². The predicted molar refractivity (Wildman–Crippen MR) is 102 cm³/mol. The summed E-state index contributed by atoms with van der Waals surface area (Å²) >= 11 is 0. The molecule has 1 fully saturated rings. The van der Waals surface area contributed by atoms with E-state index in [4.69, 9.17) is 4.74 Å². The van der Waals surface area contributed by atoms with Crippen molar-refractivity contribution < 1.29 is 14.3 Å². The molecule has 3 rings (SSSR count). The molecule has 7 nitrogen and oxygen atoms in total. The monoisotopic (exact) mass is 370 g/mol. The van der Waals surface area contributed by atoms with Crippen molar-refractivity contribution in [1.29, 1.82) is 0 Å². The average molecular weight is 370 g/mol. The van der Waals surface area contributed by atoms with Gasteiger partial charge in [0.25, 0.3) is 5.91 Å². The van der Waals surface area contributed by atoms with Gasteiger partial charge in [-0.1, -0.05) is 18.2 Å². The van der Waals surface area contributed by atoms with Crippen molar-refractivity contribution in [3.63, 3.8) is 0 Å². The number of piperazine rings is 1. The van der Waals surface area contributed by atoms with Crippen molar-refractivity contribution >= 4 is 11.8 Å². The van der Waals surface area contributed by atoms with E-state index in [2.05, 4.69) is 5.10 Å². The number of nitrogens with zero attached hydrogens (tertiary/aromatic N) is 4. The van der Waals surface area contributed by atoms with Crippen LogP contribution in [0.25, 0.3) is 5.69 Å². The van der Waals surface area contributed by atoms with E-state index in [9.17, 15) is 9.59 Å². The third-order valence-electron chi connectivity index (χ3n) is 4.75. The Morgan fingerprint density at radius 2 is 1.63 bits per heavy atom. The minimum Gasteiger partial charge on any atom is -0.460 e. The first-order valence-electron chi connectivity index (χ1n) is 9.13. The quantitative estimate of drug-likeness (QED) is 0.826. The number of hydrogen-bond acceptors (Lipinski definition) is 4. The number of benzene rings is 1. The third kappa shape index (κ3) is 4.13. The normalized spacial score (nSPS) is 15.0. The molecule has 2 heterocycles. The summed E-state index contributed by atoms with van der Waals surface area (Å²) in [6.07, 6.45) is 1.89. The molecule has 0 unspecified atom stereocenters. The molecule has 1 aliphatic rings. The molecule has 0 saturated carbocycles. The van der Waals surface area contributed by atoms with Crippen molar-refractivity contribution in [2.45, 2.75) is 33.3 Å². The number of ether oxygens (including phenoxy) is 1. The second-order valence-electron chi connectivity index (χ2n) is 7.31. The Labute approximate surface area is 159 Å². The maximum atomic E-state index is 13.0. The Morgan fingerprint density at radius 1 is 1.04 bits per heavy atom. The van der Waals surface area contributed by atoms with Crippen LogP contribution in [-0.2, 0) is 9.59 Å². The second-order valence-corrected chi connectivity index (χ2v) is 7.31. The van der Waals surface area contributed by atoms with Crippen LogP contribution >= 0.6 is 0 Å². The lowest BCUT2D eigenvalue weighted by molar-refractivity contribution is -0.149. The fraction of sp³-hybridized carbons (Fsp3) is 0.450. The summed E-state index contributed by atoms with van der Waals surface area (Å²) in [4.78, 5) is 27.9. The van der Waals surface area contributed by atoms with Gasteiger partial charge in [-0.3, -0.25) is 9.59 Å². The number of para-hydroxylation sites is 1. The van der Waals surface area contributed by atoms with E-state index in [-0.39, 0.29) is 11.8 Å². The molecule has 1 aromatic carbocycles. The fourth-order valence-corrected chi connectivity index (χ4v) is 3.15. The van der Waals surface area contributed by atoms with Crippen LogP contribution in [0.2, 0.25) is 0 Å². The lowest BCUT2D eigenvalue weighted by atomic mass is 10.1. The highest BCUT2D eigenvalue weighted by molar-refractivity contribution is 5.85. The van der Waals surface area contributed by atoms with Gasteiger partial charge < -0.3 is 14.5 Å². The first-order valence-corrected chi connectivity index (χ1v) is 9.13. The molecule has 2 aromatic rings. The first-order chi connectivity index (χ1) is 12.8. The van der Waals surface area contributed by atoms with Crippen molar-refractivity contribution in [3.05, 3.63) is 42.1 Å². The van der Waals surface area contributed by atoms with Gasteiger partial charge in [-0.15, -0.1) is 5.10 Å². The summed E-state index contributed by atoms with van der Waals surface area (Å²) in [5, 5.41) is 4.50. The van der Waals surface area contributed by atoms with Crippen LogP contribution in [0.5, 0.6) is 5.88 Å². The molecule has 0 bridgehead atoms. The Kier molecular flexibility index (Phi) is 5.21. The van der Waals surface area contributed by atoms with Gasteiger partial charge in [0.1, 0.15) is 0 Å². The molecule has 1 aromatic heterocycles. The van der Waals surface area contributed by atoms with Crippen LogP contribution in [0.4, 0.5) is 0 Å². The molecule has 0 aliphatic carbocycles. The zero-order valence-electron chi connectivity index (χ0n) is 16.3. The molecule has 144 valence electrons. The van der Waals surface area contributed by atoms with Gasteiger partial charge in [0.15, 0.2) is 5.60 Å². The van der Waals surface area contributed by atoms with Crippen LogP contribution in [0.15, 0.2) is 36.5 Å².